The number of rotatable bonds is 3. The summed E-state index contributed by atoms with van der Waals surface area (Å²) in [7, 11) is 1.66. The van der Waals surface area contributed by atoms with Gasteiger partial charge < -0.3 is 4.90 Å². The van der Waals surface area contributed by atoms with E-state index < -0.39 is 0 Å². The van der Waals surface area contributed by atoms with Crippen LogP contribution in [0.5, 0.6) is 0 Å². The van der Waals surface area contributed by atoms with Crippen LogP contribution in [-0.2, 0) is 4.79 Å². The summed E-state index contributed by atoms with van der Waals surface area (Å²) in [6.07, 6.45) is 2.15. The second-order valence-corrected chi connectivity index (χ2v) is 1.28. The van der Waals surface area contributed by atoms with Crippen LogP contribution >= 0.6 is 0 Å². The molecule has 0 aliphatic carbocycles. The third kappa shape index (κ3) is 3.03. The molecule has 0 aliphatic rings. The molecule has 0 N–H and O–H groups in total. The smallest absolute Gasteiger partial charge is 0.209 e. The van der Waals surface area contributed by atoms with Crippen LogP contribution in [-0.4, -0.2) is 24.9 Å². The lowest BCUT2D eigenvalue weighted by molar-refractivity contribution is -0.116. The third-order valence-electron chi connectivity index (χ3n) is 0.573. The van der Waals surface area contributed by atoms with Gasteiger partial charge in [-0.05, 0) is 0 Å². The Morgan fingerprint density at radius 2 is 2.43 bits per heavy atom. The molecule has 0 saturated heterocycles. The van der Waals surface area contributed by atoms with Gasteiger partial charge in [0, 0.05) is 13.6 Å². The summed E-state index contributed by atoms with van der Waals surface area (Å²) in [5.74, 6) is 0. The number of amides is 1. The summed E-state index contributed by atoms with van der Waals surface area (Å²) in [6.45, 7) is 5.50. The quantitative estimate of drug-likeness (QED) is 0.457. The van der Waals surface area contributed by atoms with E-state index in [4.69, 9.17) is 6.58 Å². The minimum absolute atomic E-state index is 0.517. The Hall–Kier alpha value is -0.790. The third-order valence-corrected chi connectivity index (χ3v) is 0.573. The van der Waals surface area contributed by atoms with Gasteiger partial charge in [0.15, 0.2) is 0 Å². The van der Waals surface area contributed by atoms with Crippen molar-refractivity contribution >= 4 is 6.41 Å². The molecule has 0 bridgehead atoms. The van der Waals surface area contributed by atoms with Gasteiger partial charge in [-0.2, -0.15) is 0 Å². The van der Waals surface area contributed by atoms with Crippen LogP contribution in [0.15, 0.2) is 6.08 Å². The Morgan fingerprint density at radius 3 is 2.57 bits per heavy atom. The first-order chi connectivity index (χ1) is 3.31. The van der Waals surface area contributed by atoms with Crippen molar-refractivity contribution in [3.8, 4) is 0 Å². The van der Waals surface area contributed by atoms with E-state index in [2.05, 4.69) is 0 Å². The van der Waals surface area contributed by atoms with Crippen molar-refractivity contribution in [3.05, 3.63) is 12.7 Å². The second-order valence-electron chi connectivity index (χ2n) is 1.28. The fraction of sp³-hybridized carbons (Fsp3) is 0.400. The van der Waals surface area contributed by atoms with E-state index in [1.54, 1.807) is 7.05 Å². The summed E-state index contributed by atoms with van der Waals surface area (Å²) in [6, 6.07) is 0. The van der Waals surface area contributed by atoms with Gasteiger partial charge in [0.2, 0.25) is 6.41 Å². The molecule has 39 valence electrons. The van der Waals surface area contributed by atoms with Crippen LogP contribution in [0.25, 0.3) is 0 Å². The van der Waals surface area contributed by atoms with Gasteiger partial charge in [-0.25, -0.2) is 0 Å². The maximum absolute atomic E-state index is 9.75. The largest absolute Gasteiger partial charge is 0.345 e. The Labute approximate surface area is 43.4 Å². The number of carbonyl (C=O) groups excluding carboxylic acids is 1. The predicted octanol–water partition coefficient (Wildman–Crippen LogP) is 0.0638. The summed E-state index contributed by atoms with van der Waals surface area (Å²) in [4.78, 5) is 11.2. The SMILES string of the molecule is [CH]=CCN(C)C=O. The fourth-order valence-corrected chi connectivity index (χ4v) is 0.209. The molecule has 0 heterocycles. The van der Waals surface area contributed by atoms with Crippen molar-refractivity contribution < 1.29 is 4.79 Å². The highest BCUT2D eigenvalue weighted by molar-refractivity contribution is 5.46. The van der Waals surface area contributed by atoms with Gasteiger partial charge in [0.25, 0.3) is 0 Å². The molecule has 0 spiro atoms. The second kappa shape index (κ2) is 3.40. The van der Waals surface area contributed by atoms with Crippen molar-refractivity contribution in [1.29, 1.82) is 0 Å². The zero-order chi connectivity index (χ0) is 5.70. The van der Waals surface area contributed by atoms with E-state index in [1.165, 1.54) is 11.0 Å². The first-order valence-corrected chi connectivity index (χ1v) is 2.00. The van der Waals surface area contributed by atoms with Crippen LogP contribution in [0.1, 0.15) is 0 Å². The van der Waals surface area contributed by atoms with E-state index in [0.717, 1.165) is 6.41 Å². The standard InChI is InChI=1S/C5H8NO/c1-3-4-6(2)5-7/h1,3,5H,4H2,2H3. The fourth-order valence-electron chi connectivity index (χ4n) is 0.209. The van der Waals surface area contributed by atoms with Gasteiger partial charge >= 0.3 is 0 Å². The van der Waals surface area contributed by atoms with Gasteiger partial charge in [-0.3, -0.25) is 4.79 Å². The number of hydrogen-bond donors (Lipinski definition) is 0. The number of hydrogen-bond acceptors (Lipinski definition) is 1. The maximum atomic E-state index is 9.75. The monoisotopic (exact) mass is 98.1 g/mol. The van der Waals surface area contributed by atoms with Crippen molar-refractivity contribution in [2.45, 2.75) is 0 Å². The van der Waals surface area contributed by atoms with Crippen LogP contribution in [0.2, 0.25) is 0 Å². The van der Waals surface area contributed by atoms with Gasteiger partial charge in [-0.15, -0.1) is 0 Å². The summed E-state index contributed by atoms with van der Waals surface area (Å²) >= 11 is 0. The molecule has 0 fully saturated rings. The number of carbonyl (C=O) groups is 1. The molecule has 1 radical (unpaired) electrons. The number of nitrogens with zero attached hydrogens (tertiary/aromatic N) is 1. The van der Waals surface area contributed by atoms with Crippen molar-refractivity contribution in [2.24, 2.45) is 0 Å². The molecule has 0 aromatic heterocycles. The molecule has 0 rings (SSSR count). The summed E-state index contributed by atoms with van der Waals surface area (Å²) in [5, 5.41) is 0. The highest BCUT2D eigenvalue weighted by Crippen LogP contribution is 1.70. The molecule has 0 aliphatic heterocycles. The highest BCUT2D eigenvalue weighted by atomic mass is 16.1. The summed E-state index contributed by atoms with van der Waals surface area (Å²) in [5.41, 5.74) is 0. The first-order valence-electron chi connectivity index (χ1n) is 2.00. The average Bonchev–Trinajstić information content (AvgIpc) is 1.68. The molecule has 1 amide bonds. The van der Waals surface area contributed by atoms with Gasteiger partial charge in [-0.1, -0.05) is 12.7 Å². The topological polar surface area (TPSA) is 20.3 Å². The average molecular weight is 98.1 g/mol. The van der Waals surface area contributed by atoms with Crippen molar-refractivity contribution in [3.63, 3.8) is 0 Å². The normalized spacial score (nSPS) is 7.57. The molecule has 0 unspecified atom stereocenters. The van der Waals surface area contributed by atoms with E-state index >= 15 is 0 Å². The molecule has 0 aromatic rings. The molecule has 2 nitrogen and oxygen atoms in total. The maximum Gasteiger partial charge on any atom is 0.209 e. The molecule has 0 aromatic carbocycles. The zero-order valence-electron chi connectivity index (χ0n) is 4.29. The molecule has 7 heavy (non-hydrogen) atoms. The van der Waals surface area contributed by atoms with Crippen LogP contribution < -0.4 is 0 Å². The molecule has 0 atom stereocenters. The molecule has 0 saturated carbocycles. The Morgan fingerprint density at radius 1 is 1.86 bits per heavy atom. The lowest BCUT2D eigenvalue weighted by Gasteiger charge is -2.02. The molecule has 2 heteroatoms. The van der Waals surface area contributed by atoms with Gasteiger partial charge in [0.1, 0.15) is 0 Å². The van der Waals surface area contributed by atoms with Crippen LogP contribution in [0.3, 0.4) is 0 Å². The highest BCUT2D eigenvalue weighted by Gasteiger charge is 1.81. The van der Waals surface area contributed by atoms with E-state index in [-0.39, 0.29) is 0 Å². The number of likely N-dealkylation sites (N-methyl/N-ethyl adjacent to an activating group) is 1. The van der Waals surface area contributed by atoms with Crippen LogP contribution in [0.4, 0.5) is 0 Å². The van der Waals surface area contributed by atoms with E-state index in [9.17, 15) is 4.79 Å². The Balaban J connectivity index is 3.15. The van der Waals surface area contributed by atoms with Crippen molar-refractivity contribution in [2.75, 3.05) is 13.6 Å². The Kier molecular flexibility index (Phi) is 3.02. The van der Waals surface area contributed by atoms with Gasteiger partial charge in [0.05, 0.1) is 0 Å². The first kappa shape index (κ1) is 6.21. The Bertz CT molecular complexity index is 70.5. The zero-order valence-corrected chi connectivity index (χ0v) is 4.29. The van der Waals surface area contributed by atoms with E-state index in [1.807, 2.05) is 0 Å². The van der Waals surface area contributed by atoms with Crippen molar-refractivity contribution in [1.82, 2.24) is 4.90 Å². The minimum atomic E-state index is 0.517. The van der Waals surface area contributed by atoms with Crippen LogP contribution in [0, 0.1) is 6.58 Å². The molecular formula is C5H8NO. The van der Waals surface area contributed by atoms with E-state index in [0.29, 0.717) is 6.54 Å². The minimum Gasteiger partial charge on any atom is -0.345 e. The molecular weight excluding hydrogens is 90.1 g/mol. The lowest BCUT2D eigenvalue weighted by atomic mass is 10.6. The summed E-state index contributed by atoms with van der Waals surface area (Å²) < 4.78 is 0. The predicted molar refractivity (Wildman–Crippen MR) is 27.6 cm³/mol. The lowest BCUT2D eigenvalue weighted by Crippen LogP contribution is -2.14.